The van der Waals surface area contributed by atoms with Crippen LogP contribution in [0.3, 0.4) is 0 Å². The van der Waals surface area contributed by atoms with Crippen molar-refractivity contribution in [2.75, 3.05) is 0 Å². The van der Waals surface area contributed by atoms with E-state index in [1.54, 1.807) is 30.3 Å². The van der Waals surface area contributed by atoms with Crippen LogP contribution >= 0.6 is 34.8 Å². The van der Waals surface area contributed by atoms with E-state index in [1.807, 2.05) is 0 Å². The Morgan fingerprint density at radius 2 is 0.936 bits per heavy atom. The van der Waals surface area contributed by atoms with Crippen molar-refractivity contribution in [3.8, 4) is 34.5 Å². The first kappa shape index (κ1) is 31.5. The molecule has 6 aromatic carbocycles. The summed E-state index contributed by atoms with van der Waals surface area (Å²) in [6, 6.07) is 22.9. The molecule has 0 saturated heterocycles. The number of esters is 3. The van der Waals surface area contributed by atoms with Crippen LogP contribution < -0.4 is 14.2 Å². The molecule has 12 heteroatoms. The molecule has 234 valence electrons. The summed E-state index contributed by atoms with van der Waals surface area (Å²) in [5.41, 5.74) is 0.0306. The minimum atomic E-state index is -0.908. The number of aromatic hydroxyl groups is 3. The number of rotatable bonds is 6. The number of halogens is 3. The van der Waals surface area contributed by atoms with Crippen LogP contribution in [0.5, 0.6) is 34.5 Å². The molecule has 0 aliphatic carbocycles. The monoisotopic (exact) mass is 688 g/mol. The highest BCUT2D eigenvalue weighted by Gasteiger charge is 2.24. The number of fused-ring (bicyclic) bond motifs is 2. The minimum absolute atomic E-state index is 0.00354. The molecule has 0 spiro atoms. The van der Waals surface area contributed by atoms with Gasteiger partial charge in [-0.1, -0.05) is 59.1 Å². The van der Waals surface area contributed by atoms with Gasteiger partial charge in [-0.3, -0.25) is 0 Å². The predicted molar refractivity (Wildman–Crippen MR) is 176 cm³/mol. The van der Waals surface area contributed by atoms with Crippen LogP contribution in [0.25, 0.3) is 21.5 Å². The molecule has 0 saturated carbocycles. The highest BCUT2D eigenvalue weighted by molar-refractivity contribution is 6.33. The van der Waals surface area contributed by atoms with Gasteiger partial charge in [0.2, 0.25) is 0 Å². The van der Waals surface area contributed by atoms with Gasteiger partial charge in [-0.2, -0.15) is 0 Å². The summed E-state index contributed by atoms with van der Waals surface area (Å²) >= 11 is 18.0. The average Bonchev–Trinajstić information content (AvgIpc) is 3.05. The Hall–Kier alpha value is -5.48. The van der Waals surface area contributed by atoms with E-state index in [0.29, 0.717) is 16.2 Å². The van der Waals surface area contributed by atoms with Gasteiger partial charge in [0, 0.05) is 16.2 Å². The number of phenols is 3. The minimum Gasteiger partial charge on any atom is -0.506 e. The maximum absolute atomic E-state index is 13.4. The van der Waals surface area contributed by atoms with Gasteiger partial charge < -0.3 is 29.5 Å². The van der Waals surface area contributed by atoms with Crippen LogP contribution in [0, 0.1) is 0 Å². The SMILES string of the molecule is O=C(Oc1ccc2c(OC(=O)c3ccc(O)c(Cl)c3)c3ccccc3cc2c1OC(=O)c1ccc(O)c(Cl)c1)c1ccc(O)c(Cl)c1. The van der Waals surface area contributed by atoms with Crippen molar-refractivity contribution in [3.63, 3.8) is 0 Å². The van der Waals surface area contributed by atoms with E-state index in [1.165, 1.54) is 66.7 Å². The second kappa shape index (κ2) is 12.7. The van der Waals surface area contributed by atoms with E-state index in [4.69, 9.17) is 49.0 Å². The molecule has 6 rings (SSSR count). The molecule has 0 radical (unpaired) electrons. The highest BCUT2D eigenvalue weighted by atomic mass is 35.5. The predicted octanol–water partition coefficient (Wildman–Crippen LogP) is 8.73. The van der Waals surface area contributed by atoms with E-state index < -0.39 is 17.9 Å². The van der Waals surface area contributed by atoms with E-state index in [9.17, 15) is 29.7 Å². The maximum atomic E-state index is 13.4. The topological polar surface area (TPSA) is 140 Å². The fourth-order valence-electron chi connectivity index (χ4n) is 4.71. The van der Waals surface area contributed by atoms with Gasteiger partial charge in [0.05, 0.1) is 31.8 Å². The van der Waals surface area contributed by atoms with Crippen molar-refractivity contribution in [2.24, 2.45) is 0 Å². The Morgan fingerprint density at radius 1 is 0.468 bits per heavy atom. The molecule has 0 unspecified atom stereocenters. The summed E-state index contributed by atoms with van der Waals surface area (Å²) in [5, 5.41) is 30.8. The normalized spacial score (nSPS) is 11.0. The molecule has 0 fully saturated rings. The van der Waals surface area contributed by atoms with Gasteiger partial charge >= 0.3 is 17.9 Å². The zero-order chi connectivity index (χ0) is 33.4. The first-order valence-electron chi connectivity index (χ1n) is 13.6. The summed E-state index contributed by atoms with van der Waals surface area (Å²) < 4.78 is 17.4. The lowest BCUT2D eigenvalue weighted by Crippen LogP contribution is -2.13. The molecular formula is C35H19Cl3O9. The Labute approximate surface area is 280 Å². The number of carbonyl (C=O) groups is 3. The Morgan fingerprint density at radius 3 is 1.45 bits per heavy atom. The van der Waals surface area contributed by atoms with Crippen LogP contribution in [0.2, 0.25) is 15.1 Å². The van der Waals surface area contributed by atoms with Crippen molar-refractivity contribution >= 4 is 74.3 Å². The largest absolute Gasteiger partial charge is 0.506 e. The molecule has 6 aromatic rings. The first-order valence-corrected chi connectivity index (χ1v) is 14.7. The first-order chi connectivity index (χ1) is 22.5. The van der Waals surface area contributed by atoms with E-state index >= 15 is 0 Å². The van der Waals surface area contributed by atoms with Crippen LogP contribution in [0.4, 0.5) is 0 Å². The fraction of sp³-hybridized carbons (Fsp3) is 0. The van der Waals surface area contributed by atoms with Crippen molar-refractivity contribution < 1.29 is 43.9 Å². The van der Waals surface area contributed by atoms with Gasteiger partial charge in [0.1, 0.15) is 23.0 Å². The lowest BCUT2D eigenvalue weighted by Gasteiger charge is -2.17. The number of benzene rings is 6. The van der Waals surface area contributed by atoms with E-state index in [0.717, 1.165) is 0 Å². The number of hydrogen-bond acceptors (Lipinski definition) is 9. The number of hydrogen-bond donors (Lipinski definition) is 3. The van der Waals surface area contributed by atoms with Gasteiger partial charge in [0.25, 0.3) is 0 Å². The van der Waals surface area contributed by atoms with Crippen LogP contribution in [-0.4, -0.2) is 33.2 Å². The van der Waals surface area contributed by atoms with E-state index in [-0.39, 0.29) is 71.6 Å². The van der Waals surface area contributed by atoms with Crippen molar-refractivity contribution in [2.45, 2.75) is 0 Å². The lowest BCUT2D eigenvalue weighted by molar-refractivity contribution is 0.0684. The smallest absolute Gasteiger partial charge is 0.343 e. The zero-order valence-corrected chi connectivity index (χ0v) is 25.9. The molecule has 9 nitrogen and oxygen atoms in total. The summed E-state index contributed by atoms with van der Waals surface area (Å²) in [4.78, 5) is 39.9. The second-order valence-corrected chi connectivity index (χ2v) is 11.3. The molecule has 0 atom stereocenters. The van der Waals surface area contributed by atoms with Crippen LogP contribution in [-0.2, 0) is 0 Å². The van der Waals surface area contributed by atoms with Crippen LogP contribution in [0.15, 0.2) is 97.1 Å². The molecule has 0 aliphatic rings. The molecular weight excluding hydrogens is 671 g/mol. The summed E-state index contributed by atoms with van der Waals surface area (Å²) in [7, 11) is 0. The van der Waals surface area contributed by atoms with Crippen molar-refractivity contribution in [3.05, 3.63) is 129 Å². The number of carbonyl (C=O) groups excluding carboxylic acids is 3. The quantitative estimate of drug-likeness (QED) is 0.0890. The average molecular weight is 690 g/mol. The zero-order valence-electron chi connectivity index (χ0n) is 23.7. The molecule has 0 aromatic heterocycles. The molecule has 47 heavy (non-hydrogen) atoms. The Balaban J connectivity index is 1.51. The molecule has 0 heterocycles. The lowest BCUT2D eigenvalue weighted by atomic mass is 10.0. The molecule has 0 bridgehead atoms. The fourth-order valence-corrected chi connectivity index (χ4v) is 5.25. The van der Waals surface area contributed by atoms with E-state index in [2.05, 4.69) is 0 Å². The third-order valence-electron chi connectivity index (χ3n) is 7.05. The Kier molecular flexibility index (Phi) is 8.53. The third kappa shape index (κ3) is 6.32. The summed E-state index contributed by atoms with van der Waals surface area (Å²) in [5.74, 6) is -3.56. The van der Waals surface area contributed by atoms with Gasteiger partial charge in [-0.05, 0) is 78.2 Å². The number of ether oxygens (including phenoxy) is 3. The van der Waals surface area contributed by atoms with Gasteiger partial charge in [-0.15, -0.1) is 0 Å². The van der Waals surface area contributed by atoms with Crippen LogP contribution in [0.1, 0.15) is 31.1 Å². The molecule has 0 aliphatic heterocycles. The molecule has 0 amide bonds. The Bertz CT molecular complexity index is 2270. The molecule has 3 N–H and O–H groups in total. The summed E-state index contributed by atoms with van der Waals surface area (Å²) in [6.45, 7) is 0. The standard InChI is InChI=1S/C35H19Cl3O9/c36-24-14-18(5-9-27(24)39)33(42)45-30-12-8-22-23(32(30)47-35(44)20-7-11-29(41)26(38)16-20)13-17-3-1-2-4-21(17)31(22)46-34(43)19-6-10-28(40)25(37)15-19/h1-16,39-41H. The van der Waals surface area contributed by atoms with Gasteiger partial charge in [-0.25, -0.2) is 14.4 Å². The number of phenolic OH excluding ortho intramolecular Hbond substituents is 3. The summed E-state index contributed by atoms with van der Waals surface area (Å²) in [6.07, 6.45) is 0. The van der Waals surface area contributed by atoms with Gasteiger partial charge in [0.15, 0.2) is 11.5 Å². The van der Waals surface area contributed by atoms with Crippen molar-refractivity contribution in [1.29, 1.82) is 0 Å². The maximum Gasteiger partial charge on any atom is 0.343 e. The third-order valence-corrected chi connectivity index (χ3v) is 7.96. The second-order valence-electron chi connectivity index (χ2n) is 10.1. The van der Waals surface area contributed by atoms with Crippen molar-refractivity contribution in [1.82, 2.24) is 0 Å². The highest BCUT2D eigenvalue weighted by Crippen LogP contribution is 2.44.